The fraction of sp³-hybridized carbons (Fsp3) is 0.200. The first kappa shape index (κ1) is 22.5. The van der Waals surface area contributed by atoms with Crippen LogP contribution in [0.25, 0.3) is 0 Å². The zero-order valence-electron chi connectivity index (χ0n) is 18.2. The average molecular weight is 464 g/mol. The standard InChI is InChI=1S/C25H25N3O4S/c1-33(31,32)28-15-7-10-19-16-20(13-14-23(19)28)24(29)27-22-12-6-5-11-21(22)25(30)26-17-18-8-3-2-4-9-18/h2-6,8-9,11-14,16H,7,10,15,17H2,1H3,(H,26,30)(H,27,29). The second kappa shape index (κ2) is 9.46. The van der Waals surface area contributed by atoms with E-state index in [-0.39, 0.29) is 11.8 Å². The number of para-hydroxylation sites is 1. The van der Waals surface area contributed by atoms with Crippen molar-refractivity contribution in [1.82, 2.24) is 5.32 Å². The van der Waals surface area contributed by atoms with Crippen LogP contribution in [0.2, 0.25) is 0 Å². The highest BCUT2D eigenvalue weighted by Gasteiger charge is 2.25. The molecule has 0 spiro atoms. The summed E-state index contributed by atoms with van der Waals surface area (Å²) in [4.78, 5) is 25.7. The van der Waals surface area contributed by atoms with Gasteiger partial charge in [0.1, 0.15) is 0 Å². The van der Waals surface area contributed by atoms with E-state index in [2.05, 4.69) is 10.6 Å². The Morgan fingerprint density at radius 2 is 1.67 bits per heavy atom. The molecule has 0 unspecified atom stereocenters. The molecule has 0 bridgehead atoms. The van der Waals surface area contributed by atoms with Crippen LogP contribution in [-0.2, 0) is 23.0 Å². The molecule has 170 valence electrons. The van der Waals surface area contributed by atoms with Gasteiger partial charge in [-0.15, -0.1) is 0 Å². The van der Waals surface area contributed by atoms with E-state index in [4.69, 9.17) is 0 Å². The summed E-state index contributed by atoms with van der Waals surface area (Å²) in [5.41, 5.74) is 3.58. The molecule has 1 aliphatic heterocycles. The first-order valence-electron chi connectivity index (χ1n) is 10.7. The molecule has 0 saturated heterocycles. The summed E-state index contributed by atoms with van der Waals surface area (Å²) < 4.78 is 25.5. The van der Waals surface area contributed by atoms with Crippen molar-refractivity contribution in [2.24, 2.45) is 0 Å². The molecular formula is C25H25N3O4S. The van der Waals surface area contributed by atoms with Gasteiger partial charge in [-0.1, -0.05) is 42.5 Å². The maximum Gasteiger partial charge on any atom is 0.255 e. The molecule has 3 aromatic carbocycles. The lowest BCUT2D eigenvalue weighted by molar-refractivity contribution is 0.0951. The number of fused-ring (bicyclic) bond motifs is 1. The normalized spacial score (nSPS) is 13.2. The SMILES string of the molecule is CS(=O)(=O)N1CCCc2cc(C(=O)Nc3ccccc3C(=O)NCc3ccccc3)ccc21. The Labute approximate surface area is 193 Å². The van der Waals surface area contributed by atoms with Gasteiger partial charge in [-0.2, -0.15) is 0 Å². The lowest BCUT2D eigenvalue weighted by Crippen LogP contribution is -2.34. The highest BCUT2D eigenvalue weighted by molar-refractivity contribution is 7.92. The van der Waals surface area contributed by atoms with Gasteiger partial charge in [0, 0.05) is 18.7 Å². The Morgan fingerprint density at radius 3 is 2.42 bits per heavy atom. The van der Waals surface area contributed by atoms with E-state index < -0.39 is 10.0 Å². The van der Waals surface area contributed by atoms with Gasteiger partial charge in [0.05, 0.1) is 23.2 Å². The van der Waals surface area contributed by atoms with Gasteiger partial charge in [-0.3, -0.25) is 13.9 Å². The van der Waals surface area contributed by atoms with Crippen molar-refractivity contribution >= 4 is 33.2 Å². The number of nitrogens with one attached hydrogen (secondary N) is 2. The summed E-state index contributed by atoms with van der Waals surface area (Å²) >= 11 is 0. The van der Waals surface area contributed by atoms with Gasteiger partial charge >= 0.3 is 0 Å². The van der Waals surface area contributed by atoms with Crippen molar-refractivity contribution in [2.45, 2.75) is 19.4 Å². The third kappa shape index (κ3) is 5.23. The fourth-order valence-electron chi connectivity index (χ4n) is 3.91. The number of aryl methyl sites for hydroxylation is 1. The van der Waals surface area contributed by atoms with Crippen molar-refractivity contribution in [2.75, 3.05) is 22.4 Å². The van der Waals surface area contributed by atoms with E-state index in [9.17, 15) is 18.0 Å². The molecule has 0 aromatic heterocycles. The molecular weight excluding hydrogens is 438 g/mol. The molecule has 0 radical (unpaired) electrons. The Bertz CT molecular complexity index is 1290. The molecule has 0 fully saturated rings. The minimum Gasteiger partial charge on any atom is -0.348 e. The monoisotopic (exact) mass is 463 g/mol. The largest absolute Gasteiger partial charge is 0.348 e. The topological polar surface area (TPSA) is 95.6 Å². The number of sulfonamides is 1. The van der Waals surface area contributed by atoms with Crippen LogP contribution >= 0.6 is 0 Å². The average Bonchev–Trinajstić information content (AvgIpc) is 2.82. The maximum absolute atomic E-state index is 13.0. The minimum absolute atomic E-state index is 0.288. The molecule has 0 saturated carbocycles. The Hall–Kier alpha value is -3.65. The van der Waals surface area contributed by atoms with Crippen molar-refractivity contribution < 1.29 is 18.0 Å². The molecule has 2 amide bonds. The Balaban J connectivity index is 1.51. The predicted molar refractivity (Wildman–Crippen MR) is 129 cm³/mol. The van der Waals surface area contributed by atoms with Gasteiger partial charge in [-0.05, 0) is 54.3 Å². The van der Waals surface area contributed by atoms with Gasteiger partial charge in [0.25, 0.3) is 11.8 Å². The highest BCUT2D eigenvalue weighted by atomic mass is 32.2. The van der Waals surface area contributed by atoms with E-state index in [1.807, 2.05) is 30.3 Å². The number of rotatable bonds is 6. The maximum atomic E-state index is 13.0. The molecule has 3 aromatic rings. The van der Waals surface area contributed by atoms with Crippen LogP contribution in [0.4, 0.5) is 11.4 Å². The van der Waals surface area contributed by atoms with E-state index in [1.165, 1.54) is 10.6 Å². The van der Waals surface area contributed by atoms with Crippen molar-refractivity contribution in [3.8, 4) is 0 Å². The summed E-state index contributed by atoms with van der Waals surface area (Å²) in [7, 11) is -3.37. The molecule has 7 nitrogen and oxygen atoms in total. The van der Waals surface area contributed by atoms with Gasteiger partial charge in [0.15, 0.2) is 0 Å². The molecule has 0 atom stereocenters. The summed E-state index contributed by atoms with van der Waals surface area (Å²) in [5, 5.41) is 5.70. The lowest BCUT2D eigenvalue weighted by Gasteiger charge is -2.29. The fourth-order valence-corrected chi connectivity index (χ4v) is 4.90. The van der Waals surface area contributed by atoms with Crippen LogP contribution in [0.5, 0.6) is 0 Å². The number of benzene rings is 3. The smallest absolute Gasteiger partial charge is 0.255 e. The number of carbonyl (C=O) groups is 2. The van der Waals surface area contributed by atoms with Crippen LogP contribution in [0, 0.1) is 0 Å². The number of hydrogen-bond acceptors (Lipinski definition) is 4. The summed E-state index contributed by atoms with van der Waals surface area (Å²) in [5.74, 6) is -0.651. The highest BCUT2D eigenvalue weighted by Crippen LogP contribution is 2.30. The number of nitrogens with zero attached hydrogens (tertiary/aromatic N) is 1. The summed E-state index contributed by atoms with van der Waals surface area (Å²) in [6.07, 6.45) is 2.57. The first-order chi connectivity index (χ1) is 15.8. The zero-order chi connectivity index (χ0) is 23.4. The molecule has 8 heteroatoms. The van der Waals surface area contributed by atoms with Crippen LogP contribution in [0.3, 0.4) is 0 Å². The van der Waals surface area contributed by atoms with Gasteiger partial charge in [0.2, 0.25) is 10.0 Å². The minimum atomic E-state index is -3.37. The van der Waals surface area contributed by atoms with Crippen LogP contribution in [0.15, 0.2) is 72.8 Å². The predicted octanol–water partition coefficient (Wildman–Crippen LogP) is 3.58. The van der Waals surface area contributed by atoms with Crippen molar-refractivity contribution in [3.63, 3.8) is 0 Å². The number of anilines is 2. The molecule has 0 aliphatic carbocycles. The molecule has 2 N–H and O–H groups in total. The molecule has 33 heavy (non-hydrogen) atoms. The Morgan fingerprint density at radius 1 is 0.939 bits per heavy atom. The third-order valence-electron chi connectivity index (χ3n) is 5.53. The van der Waals surface area contributed by atoms with Crippen LogP contribution in [0.1, 0.15) is 38.3 Å². The van der Waals surface area contributed by atoms with Gasteiger partial charge < -0.3 is 10.6 Å². The van der Waals surface area contributed by atoms with Crippen LogP contribution < -0.4 is 14.9 Å². The van der Waals surface area contributed by atoms with Crippen LogP contribution in [-0.4, -0.2) is 33.0 Å². The van der Waals surface area contributed by atoms with E-state index in [0.29, 0.717) is 48.4 Å². The summed E-state index contributed by atoms with van der Waals surface area (Å²) in [6, 6.07) is 21.4. The van der Waals surface area contributed by atoms with E-state index in [0.717, 1.165) is 11.1 Å². The van der Waals surface area contributed by atoms with Crippen molar-refractivity contribution in [3.05, 3.63) is 95.1 Å². The number of carbonyl (C=O) groups excluding carboxylic acids is 2. The Kier molecular flexibility index (Phi) is 6.46. The number of hydrogen-bond donors (Lipinski definition) is 2. The molecule has 1 aliphatic rings. The molecule has 1 heterocycles. The second-order valence-corrected chi connectivity index (χ2v) is 9.86. The third-order valence-corrected chi connectivity index (χ3v) is 6.71. The van der Waals surface area contributed by atoms with E-state index >= 15 is 0 Å². The second-order valence-electron chi connectivity index (χ2n) is 7.95. The first-order valence-corrected chi connectivity index (χ1v) is 12.5. The molecule has 4 rings (SSSR count). The number of amides is 2. The summed E-state index contributed by atoms with van der Waals surface area (Å²) in [6.45, 7) is 0.812. The zero-order valence-corrected chi connectivity index (χ0v) is 19.1. The lowest BCUT2D eigenvalue weighted by atomic mass is 10.0. The quantitative estimate of drug-likeness (QED) is 0.584. The van der Waals surface area contributed by atoms with Gasteiger partial charge in [-0.25, -0.2) is 8.42 Å². The van der Waals surface area contributed by atoms with E-state index in [1.54, 1.807) is 42.5 Å². The van der Waals surface area contributed by atoms with Crippen molar-refractivity contribution in [1.29, 1.82) is 0 Å².